The van der Waals surface area contributed by atoms with Crippen LogP contribution < -0.4 is 9.64 Å². The van der Waals surface area contributed by atoms with Crippen molar-refractivity contribution in [2.24, 2.45) is 4.99 Å². The number of alkyl halides is 1. The van der Waals surface area contributed by atoms with Gasteiger partial charge in [-0.2, -0.15) is 0 Å². The number of benzodiazepines with no additional fused rings is 1. The van der Waals surface area contributed by atoms with E-state index in [-0.39, 0.29) is 23.1 Å². The van der Waals surface area contributed by atoms with Crippen molar-refractivity contribution >= 4 is 34.7 Å². The number of methoxy groups -OCH3 is 1. The zero-order valence-electron chi connectivity index (χ0n) is 14.5. The number of hydrogen-bond donors (Lipinski definition) is 2. The lowest BCUT2D eigenvalue weighted by Gasteiger charge is -2.25. The van der Waals surface area contributed by atoms with Crippen molar-refractivity contribution in [2.45, 2.75) is 31.7 Å². The molecule has 0 spiro atoms. The Kier molecular flexibility index (Phi) is 4.77. The molecule has 1 heterocycles. The molecule has 2 N–H and O–H groups in total. The molecule has 2 atom stereocenters. The third-order valence-electron chi connectivity index (χ3n) is 4.32. The van der Waals surface area contributed by atoms with Crippen molar-refractivity contribution in [3.63, 3.8) is 0 Å². The lowest BCUT2D eigenvalue weighted by molar-refractivity contribution is 0.415. The minimum Gasteiger partial charge on any atom is -0.497 e. The molecule has 0 saturated heterocycles. The molecule has 0 amide bonds. The van der Waals surface area contributed by atoms with Gasteiger partial charge in [0.25, 0.3) is 0 Å². The van der Waals surface area contributed by atoms with Crippen molar-refractivity contribution in [1.29, 1.82) is 10.8 Å². The van der Waals surface area contributed by atoms with E-state index in [4.69, 9.17) is 32.1 Å². The number of rotatable bonds is 2. The molecule has 0 radical (unpaired) electrons. The third kappa shape index (κ3) is 3.24. The van der Waals surface area contributed by atoms with E-state index in [1.54, 1.807) is 18.9 Å². The largest absolute Gasteiger partial charge is 0.497 e. The van der Waals surface area contributed by atoms with Crippen molar-refractivity contribution in [3.05, 3.63) is 47.6 Å². The summed E-state index contributed by atoms with van der Waals surface area (Å²) in [6.07, 6.45) is 6.75. The van der Waals surface area contributed by atoms with E-state index in [0.717, 1.165) is 29.0 Å². The van der Waals surface area contributed by atoms with Crippen molar-refractivity contribution in [2.75, 3.05) is 12.0 Å². The third-order valence-corrected chi connectivity index (χ3v) is 4.64. The van der Waals surface area contributed by atoms with Crippen molar-refractivity contribution in [1.82, 2.24) is 0 Å². The first-order valence-electron chi connectivity index (χ1n) is 8.15. The fourth-order valence-corrected chi connectivity index (χ4v) is 3.19. The predicted octanol–water partition coefficient (Wildman–Crippen LogP) is 4.16. The van der Waals surface area contributed by atoms with Gasteiger partial charge in [-0.3, -0.25) is 20.7 Å². The average Bonchev–Trinajstić information content (AvgIpc) is 2.70. The van der Waals surface area contributed by atoms with Gasteiger partial charge in [0, 0.05) is 5.56 Å². The van der Waals surface area contributed by atoms with Crippen LogP contribution in [0.15, 0.2) is 47.0 Å². The second-order valence-electron chi connectivity index (χ2n) is 6.11. The van der Waals surface area contributed by atoms with E-state index in [9.17, 15) is 0 Å². The zero-order valence-corrected chi connectivity index (χ0v) is 15.3. The molecule has 25 heavy (non-hydrogen) atoms. The molecule has 0 aromatic heterocycles. The molecule has 1 aromatic rings. The Morgan fingerprint density at radius 1 is 1.40 bits per heavy atom. The first kappa shape index (κ1) is 17.4. The number of anilines is 1. The summed E-state index contributed by atoms with van der Waals surface area (Å²) in [5.74, 6) is 1.28. The van der Waals surface area contributed by atoms with Gasteiger partial charge in [0.2, 0.25) is 0 Å². The maximum absolute atomic E-state index is 8.48. The average molecular weight is 357 g/mol. The zero-order chi connectivity index (χ0) is 18.1. The summed E-state index contributed by atoms with van der Waals surface area (Å²) in [7, 11) is 1.62. The van der Waals surface area contributed by atoms with Gasteiger partial charge in [-0.1, -0.05) is 18.2 Å². The SMILES string of the molecule is COc1ccc2c(c1)C(C1=CCC(Cl)C=C1)=N[C@@H](C)C(=N)N2C(C)=N. The molecular weight excluding hydrogens is 336 g/mol. The number of allylic oxidation sites excluding steroid dienone is 4. The Bertz CT molecular complexity index is 825. The highest BCUT2D eigenvalue weighted by Crippen LogP contribution is 2.33. The number of amidine groups is 2. The lowest BCUT2D eigenvalue weighted by Crippen LogP contribution is -2.39. The number of ether oxygens (including phenoxy) is 1. The normalized spacial score (nSPS) is 22.7. The van der Waals surface area contributed by atoms with Crippen molar-refractivity contribution < 1.29 is 4.74 Å². The summed E-state index contributed by atoms with van der Waals surface area (Å²) < 4.78 is 5.38. The second kappa shape index (κ2) is 6.84. The molecule has 0 fully saturated rings. The van der Waals surface area contributed by atoms with Gasteiger partial charge >= 0.3 is 0 Å². The Labute approximate surface area is 152 Å². The van der Waals surface area contributed by atoms with Gasteiger partial charge in [0.1, 0.15) is 23.5 Å². The highest BCUT2D eigenvalue weighted by molar-refractivity contribution is 6.27. The van der Waals surface area contributed by atoms with E-state index in [1.165, 1.54) is 0 Å². The summed E-state index contributed by atoms with van der Waals surface area (Å²) in [6.45, 7) is 3.55. The summed E-state index contributed by atoms with van der Waals surface area (Å²) in [5.41, 5.74) is 3.40. The molecule has 130 valence electrons. The predicted molar refractivity (Wildman–Crippen MR) is 104 cm³/mol. The number of hydrogen-bond acceptors (Lipinski definition) is 4. The van der Waals surface area contributed by atoms with E-state index < -0.39 is 0 Å². The van der Waals surface area contributed by atoms with Crippen molar-refractivity contribution in [3.8, 4) is 5.75 Å². The number of halogens is 1. The molecule has 1 aliphatic carbocycles. The van der Waals surface area contributed by atoms with Gasteiger partial charge in [0.05, 0.1) is 23.9 Å². The van der Waals surface area contributed by atoms with Gasteiger partial charge < -0.3 is 4.74 Å². The molecule has 0 saturated carbocycles. The second-order valence-corrected chi connectivity index (χ2v) is 6.67. The van der Waals surface area contributed by atoms with Crippen LogP contribution in [-0.2, 0) is 0 Å². The molecule has 6 heteroatoms. The van der Waals surface area contributed by atoms with E-state index in [1.807, 2.05) is 37.3 Å². The fourth-order valence-electron chi connectivity index (χ4n) is 3.03. The Morgan fingerprint density at radius 3 is 2.76 bits per heavy atom. The van der Waals surface area contributed by atoms with Crippen LogP contribution in [0.25, 0.3) is 0 Å². The molecule has 1 aliphatic heterocycles. The fraction of sp³-hybridized carbons (Fsp3) is 0.316. The standard InChI is InChI=1S/C19H21ClN4O/c1-11-19(22)24(12(2)21)17-9-8-15(25-3)10-16(17)18(23-11)13-4-6-14(20)7-5-13/h4-6,8-11,14,21-22H,7H2,1-3H3/t11-,14?/m0/s1. The molecule has 1 aromatic carbocycles. The maximum Gasteiger partial charge on any atom is 0.131 e. The summed E-state index contributed by atoms with van der Waals surface area (Å²) in [4.78, 5) is 6.42. The summed E-state index contributed by atoms with van der Waals surface area (Å²) in [5, 5.41) is 16.6. The van der Waals surface area contributed by atoms with Gasteiger partial charge in [-0.25, -0.2) is 0 Å². The highest BCUT2D eigenvalue weighted by atomic mass is 35.5. The summed E-state index contributed by atoms with van der Waals surface area (Å²) >= 11 is 6.16. The maximum atomic E-state index is 8.48. The number of benzene rings is 1. The number of nitrogens with zero attached hydrogens (tertiary/aromatic N) is 2. The topological polar surface area (TPSA) is 72.5 Å². The van der Waals surface area contributed by atoms with Gasteiger partial charge in [-0.05, 0) is 44.0 Å². The first-order valence-corrected chi connectivity index (χ1v) is 8.58. The Morgan fingerprint density at radius 2 is 2.16 bits per heavy atom. The van der Waals surface area contributed by atoms with Gasteiger partial charge in [-0.15, -0.1) is 11.6 Å². The molecule has 5 nitrogen and oxygen atoms in total. The number of nitrogens with one attached hydrogen (secondary N) is 2. The van der Waals surface area contributed by atoms with Crippen LogP contribution in [0.5, 0.6) is 5.75 Å². The quantitative estimate of drug-likeness (QED) is 0.474. The minimum atomic E-state index is -0.364. The summed E-state index contributed by atoms with van der Waals surface area (Å²) in [6, 6.07) is 5.27. The van der Waals surface area contributed by atoms with Crippen LogP contribution in [0.1, 0.15) is 25.8 Å². The van der Waals surface area contributed by atoms with E-state index >= 15 is 0 Å². The molecule has 0 bridgehead atoms. The number of aliphatic imine (C=N–C) groups is 1. The number of fused-ring (bicyclic) bond motifs is 1. The monoisotopic (exact) mass is 356 g/mol. The van der Waals surface area contributed by atoms with Crippen LogP contribution in [0, 0.1) is 10.8 Å². The first-order chi connectivity index (χ1) is 11.9. The van der Waals surface area contributed by atoms with Crippen LogP contribution in [0.4, 0.5) is 5.69 Å². The Hall–Kier alpha value is -2.40. The van der Waals surface area contributed by atoms with E-state index in [0.29, 0.717) is 5.75 Å². The molecular formula is C19H21ClN4O. The smallest absolute Gasteiger partial charge is 0.131 e. The van der Waals surface area contributed by atoms with Crippen LogP contribution in [0.3, 0.4) is 0 Å². The lowest BCUT2D eigenvalue weighted by atomic mass is 9.95. The Balaban J connectivity index is 2.22. The molecule has 2 aliphatic rings. The van der Waals surface area contributed by atoms with Crippen LogP contribution in [0.2, 0.25) is 0 Å². The van der Waals surface area contributed by atoms with Crippen LogP contribution >= 0.6 is 11.6 Å². The highest BCUT2D eigenvalue weighted by Gasteiger charge is 2.29. The molecule has 1 unspecified atom stereocenters. The molecule has 3 rings (SSSR count). The van der Waals surface area contributed by atoms with Gasteiger partial charge in [0.15, 0.2) is 0 Å². The van der Waals surface area contributed by atoms with Crippen LogP contribution in [-0.4, -0.2) is 35.9 Å². The van der Waals surface area contributed by atoms with E-state index in [2.05, 4.69) is 6.08 Å². The minimum absolute atomic E-state index is 0.00375.